The van der Waals surface area contributed by atoms with Crippen molar-refractivity contribution in [3.05, 3.63) is 51.7 Å². The zero-order valence-electron chi connectivity index (χ0n) is 27.3. The highest BCUT2D eigenvalue weighted by Gasteiger charge is 2.63. The number of hydrogen-bond donors (Lipinski definition) is 1. The number of fused-ring (bicyclic) bond motifs is 4. The molecule has 8 saturated carbocycles. The third-order valence-electron chi connectivity index (χ3n) is 13.8. The number of halogens is 3. The molecule has 7 nitrogen and oxygen atoms in total. The van der Waals surface area contributed by atoms with Crippen LogP contribution in [0.25, 0.3) is 0 Å². The summed E-state index contributed by atoms with van der Waals surface area (Å²) in [6.07, 6.45) is 13.0. The van der Waals surface area contributed by atoms with Gasteiger partial charge in [-0.05, 0) is 221 Å². The highest BCUT2D eigenvalue weighted by molar-refractivity contribution is 14.1. The SMILES string of the molecule is O=C(OC12CC3CC(C1)CC(C(=O)Oc1cc(C4CC5CCC4C5)c(S(=O)(=O)O)c(C4CC5CCC4C5)c1)(C3)C2)c1cc(I)cc(I)c1I. The van der Waals surface area contributed by atoms with Crippen molar-refractivity contribution in [1.29, 1.82) is 0 Å². The van der Waals surface area contributed by atoms with Crippen LogP contribution in [0, 0.1) is 51.6 Å². The van der Waals surface area contributed by atoms with Gasteiger partial charge in [0.05, 0.1) is 11.0 Å². The number of benzene rings is 2. The highest BCUT2D eigenvalue weighted by Crippen LogP contribution is 2.64. The summed E-state index contributed by atoms with van der Waals surface area (Å²) in [6, 6.07) is 7.51. The number of carbonyl (C=O) groups excluding carboxylic acids is 2. The molecule has 0 spiro atoms. The second kappa shape index (κ2) is 12.3. The quantitative estimate of drug-likeness (QED) is 0.0969. The number of rotatable bonds is 7. The van der Waals surface area contributed by atoms with Crippen LogP contribution in [0.2, 0.25) is 0 Å². The van der Waals surface area contributed by atoms with Crippen LogP contribution in [-0.4, -0.2) is 30.5 Å². The van der Waals surface area contributed by atoms with Gasteiger partial charge >= 0.3 is 11.9 Å². The van der Waals surface area contributed by atoms with Gasteiger partial charge in [-0.15, -0.1) is 0 Å². The minimum atomic E-state index is -4.50. The zero-order chi connectivity index (χ0) is 34.0. The second-order valence-electron chi connectivity index (χ2n) is 16.9. The lowest BCUT2D eigenvalue weighted by atomic mass is 9.48. The first kappa shape index (κ1) is 34.3. The van der Waals surface area contributed by atoms with E-state index in [9.17, 15) is 22.6 Å². The van der Waals surface area contributed by atoms with Crippen LogP contribution in [0.5, 0.6) is 5.75 Å². The van der Waals surface area contributed by atoms with Gasteiger partial charge in [-0.3, -0.25) is 9.35 Å². The van der Waals surface area contributed by atoms with Crippen molar-refractivity contribution < 1.29 is 32.0 Å². The molecule has 0 radical (unpaired) electrons. The lowest BCUT2D eigenvalue weighted by Crippen LogP contribution is -2.60. The van der Waals surface area contributed by atoms with Crippen molar-refractivity contribution in [3.8, 4) is 5.75 Å². The Hall–Kier alpha value is -0.520. The van der Waals surface area contributed by atoms with E-state index in [1.54, 1.807) is 12.1 Å². The zero-order valence-corrected chi connectivity index (χ0v) is 34.6. The molecular formula is C38H41I3O7S. The van der Waals surface area contributed by atoms with E-state index in [1.807, 2.05) is 12.1 Å². The third kappa shape index (κ3) is 5.95. The van der Waals surface area contributed by atoms with Gasteiger partial charge in [0, 0.05) is 17.1 Å². The summed E-state index contributed by atoms with van der Waals surface area (Å²) in [6.45, 7) is 0. The van der Waals surface area contributed by atoms with Crippen LogP contribution in [0.15, 0.2) is 29.2 Å². The standard InChI is InChI=1S/C38H41I3O7S/c39-25-10-31(33(41)32(40)11-25)35(42)48-38-16-21-5-22(17-38)15-37(14-21,18-38)36(43)47-26-12-29(27-8-19-1-3-23(27)6-19)34(49(44,45)46)30(13-26)28-9-20-2-4-24(28)7-20/h10-13,19-24,27-28H,1-9,14-18H2,(H,44,45,46). The number of hydrogen-bond acceptors (Lipinski definition) is 6. The number of esters is 2. The maximum absolute atomic E-state index is 14.6. The summed E-state index contributed by atoms with van der Waals surface area (Å²) in [4.78, 5) is 28.4. The van der Waals surface area contributed by atoms with Gasteiger partial charge in [0.25, 0.3) is 10.1 Å². The molecule has 2 aromatic rings. The lowest BCUT2D eigenvalue weighted by Gasteiger charge is -2.59. The Morgan fingerprint density at radius 3 is 1.86 bits per heavy atom. The molecule has 8 aliphatic carbocycles. The first-order valence-corrected chi connectivity index (χ1v) is 22.7. The van der Waals surface area contributed by atoms with Crippen molar-refractivity contribution in [2.24, 2.45) is 40.9 Å². The molecule has 0 aromatic heterocycles. The van der Waals surface area contributed by atoms with Gasteiger partial charge < -0.3 is 9.47 Å². The maximum Gasteiger partial charge on any atom is 0.339 e. The molecule has 0 heterocycles. The predicted octanol–water partition coefficient (Wildman–Crippen LogP) is 9.66. The largest absolute Gasteiger partial charge is 0.455 e. The normalized spacial score (nSPS) is 38.4. The summed E-state index contributed by atoms with van der Waals surface area (Å²) in [7, 11) is -4.50. The van der Waals surface area contributed by atoms with Crippen LogP contribution in [-0.2, 0) is 19.6 Å². The van der Waals surface area contributed by atoms with Crippen LogP contribution < -0.4 is 4.74 Å². The van der Waals surface area contributed by atoms with E-state index in [1.165, 1.54) is 12.8 Å². The van der Waals surface area contributed by atoms with Crippen molar-refractivity contribution >= 4 is 89.8 Å². The molecule has 8 unspecified atom stereocenters. The maximum atomic E-state index is 14.6. The van der Waals surface area contributed by atoms with E-state index in [0.717, 1.165) is 81.3 Å². The van der Waals surface area contributed by atoms with Crippen molar-refractivity contribution in [2.45, 2.75) is 112 Å². The summed E-state index contributed by atoms with van der Waals surface area (Å²) < 4.78 is 53.1. The Kier molecular flexibility index (Phi) is 8.57. The van der Waals surface area contributed by atoms with E-state index >= 15 is 0 Å². The Labute approximate surface area is 329 Å². The Balaban J connectivity index is 1.06. The molecule has 10 rings (SSSR count). The van der Waals surface area contributed by atoms with Crippen LogP contribution in [0.4, 0.5) is 0 Å². The van der Waals surface area contributed by atoms with Gasteiger partial charge in [-0.2, -0.15) is 8.42 Å². The molecule has 2 aromatic carbocycles. The number of ether oxygens (including phenoxy) is 2. The molecule has 0 aliphatic heterocycles. The third-order valence-corrected chi connectivity index (χ3v) is 18.5. The fraction of sp³-hybridized carbons (Fsp3) is 0.632. The molecule has 49 heavy (non-hydrogen) atoms. The summed E-state index contributed by atoms with van der Waals surface area (Å²) in [5.41, 5.74) is 0.445. The fourth-order valence-corrected chi connectivity index (χ4v) is 15.9. The van der Waals surface area contributed by atoms with Crippen molar-refractivity contribution in [1.82, 2.24) is 0 Å². The fourth-order valence-electron chi connectivity index (χ4n) is 12.5. The minimum absolute atomic E-state index is 0.0424. The lowest BCUT2D eigenvalue weighted by molar-refractivity contribution is -0.189. The van der Waals surface area contributed by atoms with E-state index in [2.05, 4.69) is 67.8 Å². The molecule has 0 saturated heterocycles. The van der Waals surface area contributed by atoms with E-state index in [-0.39, 0.29) is 40.5 Å². The molecule has 8 atom stereocenters. The Morgan fingerprint density at radius 1 is 0.755 bits per heavy atom. The molecule has 0 amide bonds. The summed E-state index contributed by atoms with van der Waals surface area (Å²) in [5.74, 6) is 2.41. The van der Waals surface area contributed by atoms with Crippen LogP contribution >= 0.6 is 67.8 Å². The average molecular weight is 1020 g/mol. The first-order chi connectivity index (χ1) is 23.3. The molecule has 1 N–H and O–H groups in total. The minimum Gasteiger partial charge on any atom is -0.455 e. The Bertz CT molecular complexity index is 1810. The first-order valence-electron chi connectivity index (χ1n) is 18.0. The van der Waals surface area contributed by atoms with Crippen molar-refractivity contribution in [2.75, 3.05) is 0 Å². The number of carbonyl (C=O) groups is 2. The van der Waals surface area contributed by atoms with Crippen LogP contribution in [0.3, 0.4) is 0 Å². The van der Waals surface area contributed by atoms with E-state index < -0.39 is 21.1 Å². The Morgan fingerprint density at radius 2 is 1.35 bits per heavy atom. The van der Waals surface area contributed by atoms with Gasteiger partial charge in [0.15, 0.2) is 0 Å². The highest BCUT2D eigenvalue weighted by atomic mass is 127. The van der Waals surface area contributed by atoms with Crippen LogP contribution in [0.1, 0.15) is 123 Å². The van der Waals surface area contributed by atoms with E-state index in [0.29, 0.717) is 52.5 Å². The molecule has 262 valence electrons. The topological polar surface area (TPSA) is 107 Å². The molecular weight excluding hydrogens is 981 g/mol. The van der Waals surface area contributed by atoms with Crippen molar-refractivity contribution in [3.63, 3.8) is 0 Å². The van der Waals surface area contributed by atoms with Gasteiger partial charge in [0.2, 0.25) is 0 Å². The second-order valence-corrected chi connectivity index (χ2v) is 21.8. The average Bonchev–Trinajstić information content (AvgIpc) is 3.84. The summed E-state index contributed by atoms with van der Waals surface area (Å²) in [5, 5.41) is 0. The van der Waals surface area contributed by atoms with Gasteiger partial charge in [-0.1, -0.05) is 12.8 Å². The molecule has 8 aliphatic rings. The van der Waals surface area contributed by atoms with Gasteiger partial charge in [0.1, 0.15) is 16.2 Å². The molecule has 8 fully saturated rings. The molecule has 8 bridgehead atoms. The summed E-state index contributed by atoms with van der Waals surface area (Å²) >= 11 is 6.70. The smallest absolute Gasteiger partial charge is 0.339 e. The molecule has 11 heteroatoms. The predicted molar refractivity (Wildman–Crippen MR) is 208 cm³/mol. The van der Waals surface area contributed by atoms with Gasteiger partial charge in [-0.25, -0.2) is 4.79 Å². The van der Waals surface area contributed by atoms with E-state index in [4.69, 9.17) is 9.47 Å². The monoisotopic (exact) mass is 1020 g/mol.